The predicted octanol–water partition coefficient (Wildman–Crippen LogP) is 3.04. The molecule has 1 saturated heterocycles. The second-order valence-electron chi connectivity index (χ2n) is 7.12. The molecule has 25 heavy (non-hydrogen) atoms. The van der Waals surface area contributed by atoms with E-state index in [0.29, 0.717) is 29.5 Å². The molecule has 1 aromatic carbocycles. The SMILES string of the molecule is CC(C)[C@H](C)NC(=O)[C@H]1CCCN(S(=O)(=O)Cc2ccc(Cl)cc2)C1. The molecule has 1 N–H and O–H groups in total. The molecular formula is C18H27ClN2O3S. The largest absolute Gasteiger partial charge is 0.353 e. The maximum absolute atomic E-state index is 12.7. The second kappa shape index (κ2) is 8.52. The fraction of sp³-hybridized carbons (Fsp3) is 0.611. The molecule has 0 bridgehead atoms. The van der Waals surface area contributed by atoms with Gasteiger partial charge in [-0.15, -0.1) is 0 Å². The Morgan fingerprint density at radius 1 is 1.28 bits per heavy atom. The van der Waals surface area contributed by atoms with Crippen LogP contribution in [0.5, 0.6) is 0 Å². The van der Waals surface area contributed by atoms with E-state index >= 15 is 0 Å². The van der Waals surface area contributed by atoms with Crippen LogP contribution >= 0.6 is 11.6 Å². The van der Waals surface area contributed by atoms with E-state index in [4.69, 9.17) is 11.6 Å². The van der Waals surface area contributed by atoms with E-state index < -0.39 is 10.0 Å². The molecule has 1 aliphatic rings. The van der Waals surface area contributed by atoms with Crippen LogP contribution in [0.25, 0.3) is 0 Å². The number of halogens is 1. The normalized spacial score (nSPS) is 20.4. The van der Waals surface area contributed by atoms with E-state index in [2.05, 4.69) is 19.2 Å². The molecule has 0 saturated carbocycles. The van der Waals surface area contributed by atoms with Crippen LogP contribution in [0.4, 0.5) is 0 Å². The first-order valence-electron chi connectivity index (χ1n) is 8.71. The third-order valence-corrected chi connectivity index (χ3v) is 6.85. The number of benzene rings is 1. The third-order valence-electron chi connectivity index (χ3n) is 4.78. The van der Waals surface area contributed by atoms with Crippen LogP contribution in [0.15, 0.2) is 24.3 Å². The molecule has 0 aromatic heterocycles. The standard InChI is InChI=1S/C18H27ClN2O3S/c1-13(2)14(3)20-18(22)16-5-4-10-21(11-16)25(23,24)12-15-6-8-17(19)9-7-15/h6-9,13-14,16H,4-5,10-12H2,1-3H3,(H,20,22)/t14-,16-/m0/s1. The summed E-state index contributed by atoms with van der Waals surface area (Å²) in [6, 6.07) is 6.89. The number of sulfonamides is 1. The van der Waals surface area contributed by atoms with E-state index in [-0.39, 0.29) is 30.2 Å². The number of nitrogens with zero attached hydrogens (tertiary/aromatic N) is 1. The highest BCUT2D eigenvalue weighted by atomic mass is 35.5. The minimum Gasteiger partial charge on any atom is -0.353 e. The molecule has 0 aliphatic carbocycles. The number of hydrogen-bond acceptors (Lipinski definition) is 3. The van der Waals surface area contributed by atoms with Gasteiger partial charge in [0.2, 0.25) is 15.9 Å². The third kappa shape index (κ3) is 5.69. The van der Waals surface area contributed by atoms with Gasteiger partial charge in [-0.1, -0.05) is 37.6 Å². The Balaban J connectivity index is 2.01. The smallest absolute Gasteiger partial charge is 0.224 e. The first-order valence-corrected chi connectivity index (χ1v) is 10.7. The van der Waals surface area contributed by atoms with Gasteiger partial charge in [0.25, 0.3) is 0 Å². The first-order chi connectivity index (χ1) is 11.7. The molecule has 0 radical (unpaired) electrons. The number of carbonyl (C=O) groups is 1. The van der Waals surface area contributed by atoms with E-state index in [1.165, 1.54) is 4.31 Å². The van der Waals surface area contributed by atoms with Crippen molar-refractivity contribution in [2.75, 3.05) is 13.1 Å². The molecular weight excluding hydrogens is 360 g/mol. The number of nitrogens with one attached hydrogen (secondary N) is 1. The van der Waals surface area contributed by atoms with Crippen molar-refractivity contribution in [3.05, 3.63) is 34.9 Å². The quantitative estimate of drug-likeness (QED) is 0.817. The molecule has 1 aliphatic heterocycles. The van der Waals surface area contributed by atoms with Gasteiger partial charge in [0.1, 0.15) is 0 Å². The predicted molar refractivity (Wildman–Crippen MR) is 101 cm³/mol. The van der Waals surface area contributed by atoms with Gasteiger partial charge >= 0.3 is 0 Å². The van der Waals surface area contributed by atoms with Gasteiger partial charge in [-0.2, -0.15) is 0 Å². The van der Waals surface area contributed by atoms with E-state index in [0.717, 1.165) is 6.42 Å². The van der Waals surface area contributed by atoms with Gasteiger partial charge in [0, 0.05) is 24.2 Å². The lowest BCUT2D eigenvalue weighted by Crippen LogP contribution is -2.48. The summed E-state index contributed by atoms with van der Waals surface area (Å²) in [4.78, 5) is 12.4. The summed E-state index contributed by atoms with van der Waals surface area (Å²) in [5.41, 5.74) is 0.699. The summed E-state index contributed by atoms with van der Waals surface area (Å²) in [7, 11) is -3.45. The Morgan fingerprint density at radius 2 is 1.92 bits per heavy atom. The second-order valence-corrected chi connectivity index (χ2v) is 9.53. The lowest BCUT2D eigenvalue weighted by atomic mass is 9.97. The summed E-state index contributed by atoms with van der Waals surface area (Å²) in [5.74, 6) is -0.0548. The highest BCUT2D eigenvalue weighted by Gasteiger charge is 2.32. The minimum atomic E-state index is -3.45. The molecule has 7 heteroatoms. The van der Waals surface area contributed by atoms with Crippen molar-refractivity contribution in [2.24, 2.45) is 11.8 Å². The summed E-state index contributed by atoms with van der Waals surface area (Å²) in [6.45, 7) is 6.80. The van der Waals surface area contributed by atoms with Crippen LogP contribution in [-0.4, -0.2) is 37.8 Å². The maximum Gasteiger partial charge on any atom is 0.224 e. The fourth-order valence-corrected chi connectivity index (χ4v) is 4.54. The van der Waals surface area contributed by atoms with Crippen LogP contribution < -0.4 is 5.32 Å². The first kappa shape index (κ1) is 20.2. The Hall–Kier alpha value is -1.11. The van der Waals surface area contributed by atoms with Crippen molar-refractivity contribution < 1.29 is 13.2 Å². The van der Waals surface area contributed by atoms with Crippen LogP contribution in [0, 0.1) is 11.8 Å². The monoisotopic (exact) mass is 386 g/mol. The number of rotatable bonds is 6. The summed E-state index contributed by atoms with van der Waals surface area (Å²) in [5, 5.41) is 3.58. The summed E-state index contributed by atoms with van der Waals surface area (Å²) >= 11 is 5.84. The molecule has 1 amide bonds. The molecule has 2 rings (SSSR count). The summed E-state index contributed by atoms with van der Waals surface area (Å²) in [6.07, 6.45) is 1.43. The van der Waals surface area contributed by atoms with Crippen molar-refractivity contribution in [3.8, 4) is 0 Å². The Morgan fingerprint density at radius 3 is 2.52 bits per heavy atom. The van der Waals surface area contributed by atoms with E-state index in [9.17, 15) is 13.2 Å². The van der Waals surface area contributed by atoms with Gasteiger partial charge < -0.3 is 5.32 Å². The molecule has 0 spiro atoms. The number of piperidine rings is 1. The van der Waals surface area contributed by atoms with Gasteiger partial charge in [0.15, 0.2) is 0 Å². The van der Waals surface area contributed by atoms with Crippen LogP contribution in [0.2, 0.25) is 5.02 Å². The molecule has 2 atom stereocenters. The van der Waals surface area contributed by atoms with Gasteiger partial charge in [-0.3, -0.25) is 4.79 Å². The molecule has 140 valence electrons. The lowest BCUT2D eigenvalue weighted by molar-refractivity contribution is -0.127. The number of carbonyl (C=O) groups excluding carboxylic acids is 1. The van der Waals surface area contributed by atoms with Crippen molar-refractivity contribution >= 4 is 27.5 Å². The number of amides is 1. The van der Waals surface area contributed by atoms with Crippen LogP contribution in [-0.2, 0) is 20.6 Å². The van der Waals surface area contributed by atoms with Gasteiger partial charge in [0.05, 0.1) is 11.7 Å². The van der Waals surface area contributed by atoms with Crippen molar-refractivity contribution in [2.45, 2.75) is 45.4 Å². The van der Waals surface area contributed by atoms with Gasteiger partial charge in [-0.25, -0.2) is 12.7 Å². The Kier molecular flexibility index (Phi) is 6.88. The van der Waals surface area contributed by atoms with E-state index in [1.807, 2.05) is 6.92 Å². The molecule has 5 nitrogen and oxygen atoms in total. The summed E-state index contributed by atoms with van der Waals surface area (Å²) < 4.78 is 26.9. The van der Waals surface area contributed by atoms with Crippen LogP contribution in [0.1, 0.15) is 39.2 Å². The molecule has 1 fully saturated rings. The highest BCUT2D eigenvalue weighted by molar-refractivity contribution is 7.88. The molecule has 1 heterocycles. The topological polar surface area (TPSA) is 66.5 Å². The van der Waals surface area contributed by atoms with Crippen molar-refractivity contribution in [3.63, 3.8) is 0 Å². The van der Waals surface area contributed by atoms with Crippen molar-refractivity contribution in [1.82, 2.24) is 9.62 Å². The molecule has 0 unspecified atom stereocenters. The number of hydrogen-bond donors (Lipinski definition) is 1. The van der Waals surface area contributed by atoms with Crippen LogP contribution in [0.3, 0.4) is 0 Å². The zero-order valence-electron chi connectivity index (χ0n) is 15.0. The average molecular weight is 387 g/mol. The van der Waals surface area contributed by atoms with Gasteiger partial charge in [-0.05, 0) is 43.4 Å². The Labute approximate surface area is 155 Å². The van der Waals surface area contributed by atoms with E-state index in [1.54, 1.807) is 24.3 Å². The zero-order chi connectivity index (χ0) is 18.6. The minimum absolute atomic E-state index is 0.0485. The highest BCUT2D eigenvalue weighted by Crippen LogP contribution is 2.22. The fourth-order valence-electron chi connectivity index (χ4n) is 2.80. The molecule has 1 aromatic rings. The van der Waals surface area contributed by atoms with Crippen molar-refractivity contribution in [1.29, 1.82) is 0 Å². The zero-order valence-corrected chi connectivity index (χ0v) is 16.6. The lowest BCUT2D eigenvalue weighted by Gasteiger charge is -2.32. The maximum atomic E-state index is 12.7. The average Bonchev–Trinajstić information content (AvgIpc) is 2.56. The Bertz CT molecular complexity index is 689.